The van der Waals surface area contributed by atoms with Crippen LogP contribution in [0.2, 0.25) is 0 Å². The summed E-state index contributed by atoms with van der Waals surface area (Å²) in [7, 11) is 0. The van der Waals surface area contributed by atoms with Gasteiger partial charge in [-0.05, 0) is 33.7 Å². The fraction of sp³-hybridized carbons (Fsp3) is 0.182. The number of benzene rings is 2. The molecule has 1 amide bonds. The largest absolute Gasteiger partial charge is 0.381 e. The van der Waals surface area contributed by atoms with Crippen molar-refractivity contribution in [2.45, 2.75) is 26.4 Å². The maximum atomic E-state index is 13.1. The minimum Gasteiger partial charge on any atom is -0.358 e. The van der Waals surface area contributed by atoms with E-state index in [1.165, 1.54) is 6.20 Å². The fourth-order valence-corrected chi connectivity index (χ4v) is 3.01. The standard InChI is InChI=1S/C22H20N4O3/c1-3-18-10-7-11-20(14-18)25(15-19-8-5-4-6-9-19)22(27)12-13-24-16-21(26(28)29)23-17(24)2/h1,4-11,14,16H,12-13,15H2,2H3. The quantitative estimate of drug-likeness (QED) is 0.351. The van der Waals surface area contributed by atoms with Gasteiger partial charge in [0.25, 0.3) is 0 Å². The number of imidazole rings is 1. The zero-order chi connectivity index (χ0) is 20.8. The molecule has 0 saturated carbocycles. The number of rotatable bonds is 7. The van der Waals surface area contributed by atoms with Crippen molar-refractivity contribution in [3.8, 4) is 12.3 Å². The monoisotopic (exact) mass is 388 g/mol. The third-order valence-electron chi connectivity index (χ3n) is 4.53. The van der Waals surface area contributed by atoms with Crippen LogP contribution < -0.4 is 4.90 Å². The van der Waals surface area contributed by atoms with Gasteiger partial charge in [0.05, 0.1) is 6.54 Å². The fourth-order valence-electron chi connectivity index (χ4n) is 3.01. The Labute approximate surface area is 168 Å². The second-order valence-corrected chi connectivity index (χ2v) is 6.51. The van der Waals surface area contributed by atoms with Crippen LogP contribution in [0.3, 0.4) is 0 Å². The highest BCUT2D eigenvalue weighted by molar-refractivity contribution is 5.93. The Kier molecular flexibility index (Phi) is 6.05. The van der Waals surface area contributed by atoms with Gasteiger partial charge in [0.15, 0.2) is 0 Å². The molecule has 0 radical (unpaired) electrons. The summed E-state index contributed by atoms with van der Waals surface area (Å²) in [6, 6.07) is 16.9. The first-order chi connectivity index (χ1) is 14.0. The number of terminal acetylenes is 1. The van der Waals surface area contributed by atoms with Crippen LogP contribution in [0.1, 0.15) is 23.4 Å². The van der Waals surface area contributed by atoms with Gasteiger partial charge < -0.3 is 19.6 Å². The third kappa shape index (κ3) is 4.87. The smallest absolute Gasteiger partial charge is 0.358 e. The Morgan fingerprint density at radius 1 is 1.24 bits per heavy atom. The van der Waals surface area contributed by atoms with Crippen molar-refractivity contribution in [2.75, 3.05) is 4.90 Å². The Morgan fingerprint density at radius 2 is 2.00 bits per heavy atom. The molecule has 0 atom stereocenters. The van der Waals surface area contributed by atoms with Gasteiger partial charge in [0, 0.05) is 31.1 Å². The normalized spacial score (nSPS) is 10.3. The summed E-state index contributed by atoms with van der Waals surface area (Å²) in [6.07, 6.45) is 7.03. The van der Waals surface area contributed by atoms with Crippen molar-refractivity contribution in [2.24, 2.45) is 0 Å². The molecule has 3 aromatic rings. The van der Waals surface area contributed by atoms with Crippen LogP contribution >= 0.6 is 0 Å². The molecular weight excluding hydrogens is 368 g/mol. The van der Waals surface area contributed by atoms with Crippen LogP contribution in [-0.4, -0.2) is 20.4 Å². The van der Waals surface area contributed by atoms with E-state index in [-0.39, 0.29) is 18.1 Å². The topological polar surface area (TPSA) is 81.3 Å². The summed E-state index contributed by atoms with van der Waals surface area (Å²) in [4.78, 5) is 29.0. The van der Waals surface area contributed by atoms with Gasteiger partial charge >= 0.3 is 5.82 Å². The second-order valence-electron chi connectivity index (χ2n) is 6.51. The van der Waals surface area contributed by atoms with Gasteiger partial charge in [0.2, 0.25) is 11.7 Å². The first kappa shape index (κ1) is 19.8. The molecule has 146 valence electrons. The lowest BCUT2D eigenvalue weighted by Crippen LogP contribution is -2.31. The van der Waals surface area contributed by atoms with Gasteiger partial charge in [-0.2, -0.15) is 0 Å². The minimum absolute atomic E-state index is 0.112. The van der Waals surface area contributed by atoms with Gasteiger partial charge in [-0.1, -0.05) is 42.3 Å². The summed E-state index contributed by atoms with van der Waals surface area (Å²) >= 11 is 0. The number of amides is 1. The predicted octanol–water partition coefficient (Wildman–Crippen LogP) is 3.70. The SMILES string of the molecule is C#Cc1cccc(N(Cc2ccccc2)C(=O)CCn2cc([N+](=O)[O-])nc2C)c1. The lowest BCUT2D eigenvalue weighted by atomic mass is 10.1. The molecule has 0 fully saturated rings. The van der Waals surface area contributed by atoms with E-state index in [9.17, 15) is 14.9 Å². The third-order valence-corrected chi connectivity index (χ3v) is 4.53. The molecule has 0 unspecified atom stereocenters. The summed E-state index contributed by atoms with van der Waals surface area (Å²) < 4.78 is 1.62. The first-order valence-corrected chi connectivity index (χ1v) is 9.07. The van der Waals surface area contributed by atoms with Gasteiger partial charge in [-0.25, -0.2) is 0 Å². The van der Waals surface area contributed by atoms with Crippen LogP contribution in [0, 0.1) is 29.4 Å². The molecule has 0 spiro atoms. The van der Waals surface area contributed by atoms with Gasteiger partial charge in [-0.3, -0.25) is 4.79 Å². The van der Waals surface area contributed by atoms with Crippen molar-refractivity contribution >= 4 is 17.4 Å². The average molecular weight is 388 g/mol. The van der Waals surface area contributed by atoms with Crippen molar-refractivity contribution in [1.82, 2.24) is 9.55 Å². The molecule has 0 N–H and O–H groups in total. The number of hydrogen-bond acceptors (Lipinski definition) is 4. The highest BCUT2D eigenvalue weighted by Crippen LogP contribution is 2.21. The van der Waals surface area contributed by atoms with E-state index in [2.05, 4.69) is 10.9 Å². The van der Waals surface area contributed by atoms with Crippen LogP contribution in [0.4, 0.5) is 11.5 Å². The van der Waals surface area contributed by atoms with Crippen LogP contribution in [-0.2, 0) is 17.9 Å². The number of carbonyl (C=O) groups excluding carboxylic acids is 1. The number of aromatic nitrogens is 2. The van der Waals surface area contributed by atoms with Crippen molar-refractivity contribution in [3.63, 3.8) is 0 Å². The molecule has 2 aromatic carbocycles. The Bertz CT molecular complexity index is 1070. The van der Waals surface area contributed by atoms with E-state index in [0.717, 1.165) is 5.56 Å². The summed E-state index contributed by atoms with van der Waals surface area (Å²) in [5.41, 5.74) is 2.39. The molecule has 29 heavy (non-hydrogen) atoms. The molecule has 0 aliphatic rings. The van der Waals surface area contributed by atoms with Crippen LogP contribution in [0.15, 0.2) is 60.8 Å². The van der Waals surface area contributed by atoms with E-state index in [0.29, 0.717) is 30.2 Å². The van der Waals surface area contributed by atoms with E-state index >= 15 is 0 Å². The first-order valence-electron chi connectivity index (χ1n) is 9.07. The molecule has 1 heterocycles. The van der Waals surface area contributed by atoms with Crippen molar-refractivity contribution in [1.29, 1.82) is 0 Å². The molecule has 7 nitrogen and oxygen atoms in total. The average Bonchev–Trinajstić information content (AvgIpc) is 3.12. The molecular formula is C22H20N4O3. The Morgan fingerprint density at radius 3 is 2.66 bits per heavy atom. The number of nitro groups is 1. The zero-order valence-corrected chi connectivity index (χ0v) is 16.0. The predicted molar refractivity (Wildman–Crippen MR) is 110 cm³/mol. The van der Waals surface area contributed by atoms with Gasteiger partial charge in [-0.15, -0.1) is 6.42 Å². The minimum atomic E-state index is -0.543. The molecule has 1 aromatic heterocycles. The maximum absolute atomic E-state index is 13.1. The lowest BCUT2D eigenvalue weighted by Gasteiger charge is -2.23. The Balaban J connectivity index is 1.82. The molecule has 0 aliphatic carbocycles. The number of aryl methyl sites for hydroxylation is 2. The Hall–Kier alpha value is -3.92. The molecule has 3 rings (SSSR count). The number of anilines is 1. The molecule has 0 bridgehead atoms. The number of hydrogen-bond donors (Lipinski definition) is 0. The highest BCUT2D eigenvalue weighted by Gasteiger charge is 2.19. The molecule has 0 aliphatic heterocycles. The van der Waals surface area contributed by atoms with E-state index in [4.69, 9.17) is 6.42 Å². The maximum Gasteiger partial charge on any atom is 0.381 e. The lowest BCUT2D eigenvalue weighted by molar-refractivity contribution is -0.389. The molecule has 0 saturated heterocycles. The zero-order valence-electron chi connectivity index (χ0n) is 16.0. The summed E-state index contributed by atoms with van der Waals surface area (Å²) in [5.74, 6) is 2.75. The van der Waals surface area contributed by atoms with Crippen LogP contribution in [0.5, 0.6) is 0 Å². The summed E-state index contributed by atoms with van der Waals surface area (Å²) in [5, 5.41) is 10.9. The van der Waals surface area contributed by atoms with Crippen molar-refractivity contribution < 1.29 is 9.72 Å². The molecule has 7 heteroatoms. The van der Waals surface area contributed by atoms with Gasteiger partial charge in [0.1, 0.15) is 6.20 Å². The van der Waals surface area contributed by atoms with Crippen LogP contribution in [0.25, 0.3) is 0 Å². The van der Waals surface area contributed by atoms with E-state index in [1.54, 1.807) is 22.5 Å². The highest BCUT2D eigenvalue weighted by atomic mass is 16.6. The van der Waals surface area contributed by atoms with E-state index < -0.39 is 4.92 Å². The second kappa shape index (κ2) is 8.85. The van der Waals surface area contributed by atoms with Crippen molar-refractivity contribution in [3.05, 3.63) is 87.9 Å². The number of carbonyl (C=O) groups is 1. The summed E-state index contributed by atoms with van der Waals surface area (Å²) in [6.45, 7) is 2.37. The number of nitrogens with zero attached hydrogens (tertiary/aromatic N) is 4. The van der Waals surface area contributed by atoms with E-state index in [1.807, 2.05) is 48.5 Å².